The highest BCUT2D eigenvalue weighted by Gasteiger charge is 2.23. The zero-order valence-corrected chi connectivity index (χ0v) is 17.6. The number of carbonyl (C=O) groups excluding carboxylic acids is 1. The lowest BCUT2D eigenvalue weighted by atomic mass is 9.97. The number of benzene rings is 1. The Labute approximate surface area is 181 Å². The van der Waals surface area contributed by atoms with E-state index in [4.69, 9.17) is 20.1 Å². The van der Waals surface area contributed by atoms with Crippen LogP contribution in [0.25, 0.3) is 0 Å². The van der Waals surface area contributed by atoms with Gasteiger partial charge in [-0.2, -0.15) is 5.26 Å². The minimum atomic E-state index is -0.249. The lowest BCUT2D eigenvalue weighted by molar-refractivity contribution is 0.0535. The summed E-state index contributed by atoms with van der Waals surface area (Å²) in [7, 11) is 0. The van der Waals surface area contributed by atoms with Crippen LogP contribution in [-0.2, 0) is 17.8 Å². The summed E-state index contributed by atoms with van der Waals surface area (Å²) < 4.78 is 10.6. The van der Waals surface area contributed by atoms with Gasteiger partial charge in [0, 0.05) is 30.6 Å². The van der Waals surface area contributed by atoms with Crippen molar-refractivity contribution in [2.24, 2.45) is 0 Å². The summed E-state index contributed by atoms with van der Waals surface area (Å²) >= 11 is 0. The van der Waals surface area contributed by atoms with Crippen LogP contribution in [0.3, 0.4) is 0 Å². The Morgan fingerprint density at radius 1 is 1.45 bits per heavy atom. The number of nitrogens with zero attached hydrogens (tertiary/aromatic N) is 2. The molecule has 0 fully saturated rings. The van der Waals surface area contributed by atoms with Gasteiger partial charge in [0.25, 0.3) is 0 Å². The van der Waals surface area contributed by atoms with Gasteiger partial charge in [0.1, 0.15) is 29.8 Å². The van der Waals surface area contributed by atoms with Crippen LogP contribution in [-0.4, -0.2) is 36.9 Å². The number of ether oxygens (including phenoxy) is 2. The molecule has 1 aromatic heterocycles. The van der Waals surface area contributed by atoms with Gasteiger partial charge in [0.15, 0.2) is 0 Å². The van der Waals surface area contributed by atoms with Crippen molar-refractivity contribution in [2.75, 3.05) is 25.0 Å². The van der Waals surface area contributed by atoms with Gasteiger partial charge >= 0.3 is 5.97 Å². The number of rotatable bonds is 10. The molecule has 0 bridgehead atoms. The summed E-state index contributed by atoms with van der Waals surface area (Å²) in [6.07, 6.45) is 5.24. The number of hydrogen-bond donors (Lipinski definition) is 3. The first-order valence-electron chi connectivity index (χ1n) is 10.1. The van der Waals surface area contributed by atoms with Crippen molar-refractivity contribution in [3.8, 4) is 11.8 Å². The molecule has 3 N–H and O–H groups in total. The molecule has 0 unspecified atom stereocenters. The number of anilines is 1. The van der Waals surface area contributed by atoms with Gasteiger partial charge < -0.3 is 25.5 Å². The predicted octanol–water partition coefficient (Wildman–Crippen LogP) is 3.11. The van der Waals surface area contributed by atoms with Gasteiger partial charge in [0.2, 0.25) is 0 Å². The van der Waals surface area contributed by atoms with E-state index in [0.29, 0.717) is 42.5 Å². The van der Waals surface area contributed by atoms with E-state index >= 15 is 0 Å². The van der Waals surface area contributed by atoms with Crippen molar-refractivity contribution >= 4 is 18.0 Å². The van der Waals surface area contributed by atoms with E-state index in [9.17, 15) is 4.79 Å². The quantitative estimate of drug-likeness (QED) is 0.307. The minimum absolute atomic E-state index is 0.249. The van der Waals surface area contributed by atoms with E-state index in [1.807, 2.05) is 26.0 Å². The summed E-state index contributed by atoms with van der Waals surface area (Å²) in [5.74, 6) is 0.760. The van der Waals surface area contributed by atoms with Crippen LogP contribution in [0.1, 0.15) is 39.5 Å². The van der Waals surface area contributed by atoms with Gasteiger partial charge in [-0.05, 0) is 49.6 Å². The molecule has 1 aliphatic rings. The van der Waals surface area contributed by atoms with Crippen molar-refractivity contribution in [1.82, 2.24) is 10.3 Å². The SMILES string of the molecule is CCOc1cc(N/C=C(\C=N)CNCCc2ccc3c(c2C)COC3=O)ncc1C#N. The van der Waals surface area contributed by atoms with E-state index in [0.717, 1.165) is 29.7 Å². The fourth-order valence-corrected chi connectivity index (χ4v) is 3.31. The molecule has 0 saturated heterocycles. The normalized spacial score (nSPS) is 12.7. The van der Waals surface area contributed by atoms with E-state index in [2.05, 4.69) is 21.7 Å². The summed E-state index contributed by atoms with van der Waals surface area (Å²) in [6, 6.07) is 7.53. The van der Waals surface area contributed by atoms with Gasteiger partial charge in [-0.25, -0.2) is 9.78 Å². The molecule has 0 amide bonds. The van der Waals surface area contributed by atoms with Crippen LogP contribution in [0.5, 0.6) is 5.75 Å². The lowest BCUT2D eigenvalue weighted by Crippen LogP contribution is -2.21. The van der Waals surface area contributed by atoms with Crippen molar-refractivity contribution in [1.29, 1.82) is 10.7 Å². The first kappa shape index (κ1) is 22.0. The second-order valence-corrected chi connectivity index (χ2v) is 7.00. The van der Waals surface area contributed by atoms with Crippen LogP contribution in [0, 0.1) is 23.7 Å². The molecule has 1 aliphatic heterocycles. The Hall–Kier alpha value is -3.70. The molecular formula is C23H25N5O3. The van der Waals surface area contributed by atoms with Gasteiger partial charge in [0.05, 0.1) is 18.4 Å². The highest BCUT2D eigenvalue weighted by molar-refractivity contribution is 5.93. The monoisotopic (exact) mass is 419 g/mol. The Morgan fingerprint density at radius 3 is 3.03 bits per heavy atom. The zero-order chi connectivity index (χ0) is 22.2. The highest BCUT2D eigenvalue weighted by Crippen LogP contribution is 2.26. The maximum atomic E-state index is 11.7. The molecule has 31 heavy (non-hydrogen) atoms. The predicted molar refractivity (Wildman–Crippen MR) is 117 cm³/mol. The molecule has 2 heterocycles. The number of nitriles is 1. The van der Waals surface area contributed by atoms with Crippen LogP contribution in [0.15, 0.2) is 36.2 Å². The molecule has 0 saturated carbocycles. The maximum absolute atomic E-state index is 11.7. The van der Waals surface area contributed by atoms with Gasteiger partial charge in [-0.3, -0.25) is 0 Å². The van der Waals surface area contributed by atoms with Crippen LogP contribution >= 0.6 is 0 Å². The molecule has 2 aromatic rings. The van der Waals surface area contributed by atoms with Crippen molar-refractivity contribution in [2.45, 2.75) is 26.9 Å². The molecule has 0 radical (unpaired) electrons. The number of carbonyl (C=O) groups is 1. The number of fused-ring (bicyclic) bond motifs is 1. The molecular weight excluding hydrogens is 394 g/mol. The van der Waals surface area contributed by atoms with E-state index in [-0.39, 0.29) is 5.97 Å². The number of aromatic nitrogens is 1. The lowest BCUT2D eigenvalue weighted by Gasteiger charge is -2.11. The summed E-state index contributed by atoms with van der Waals surface area (Å²) in [6.45, 7) is 5.91. The number of esters is 1. The van der Waals surface area contributed by atoms with Crippen LogP contribution in [0.2, 0.25) is 0 Å². The fourth-order valence-electron chi connectivity index (χ4n) is 3.31. The largest absolute Gasteiger partial charge is 0.492 e. The van der Waals surface area contributed by atoms with Gasteiger partial charge in [-0.1, -0.05) is 6.07 Å². The van der Waals surface area contributed by atoms with Crippen molar-refractivity contribution < 1.29 is 14.3 Å². The Bertz CT molecular complexity index is 1060. The second kappa shape index (κ2) is 10.4. The number of hydrogen-bond acceptors (Lipinski definition) is 8. The first-order valence-corrected chi connectivity index (χ1v) is 10.1. The molecule has 0 aliphatic carbocycles. The third-order valence-electron chi connectivity index (χ3n) is 5.06. The average Bonchev–Trinajstić information content (AvgIpc) is 3.16. The van der Waals surface area contributed by atoms with E-state index in [1.54, 1.807) is 12.3 Å². The second-order valence-electron chi connectivity index (χ2n) is 7.00. The fraction of sp³-hybridized carbons (Fsp3) is 0.304. The Kier molecular flexibility index (Phi) is 7.35. The van der Waals surface area contributed by atoms with Crippen molar-refractivity contribution in [3.05, 3.63) is 64.0 Å². The summed E-state index contributed by atoms with van der Waals surface area (Å²) in [5.41, 5.74) is 5.04. The molecule has 160 valence electrons. The van der Waals surface area contributed by atoms with Gasteiger partial charge in [-0.15, -0.1) is 0 Å². The number of pyridine rings is 1. The molecule has 8 nitrogen and oxygen atoms in total. The molecule has 0 spiro atoms. The smallest absolute Gasteiger partial charge is 0.338 e. The average molecular weight is 419 g/mol. The molecule has 0 atom stereocenters. The topological polar surface area (TPSA) is 120 Å². The third-order valence-corrected chi connectivity index (χ3v) is 5.06. The first-order chi connectivity index (χ1) is 15.1. The molecule has 3 rings (SSSR count). The zero-order valence-electron chi connectivity index (χ0n) is 17.6. The standard InChI is InChI=1S/C23H25N5O3/c1-3-30-21-8-22(28-13-18(21)10-25)27-12-16(9-24)11-26-7-6-17-4-5-19-20(15(17)2)14-31-23(19)29/h4-5,8-9,12-13,24,26H,3,6-7,11,14H2,1-2H3,(H,27,28)/b16-12+,24-9?. The number of nitrogens with one attached hydrogen (secondary N) is 3. The summed E-state index contributed by atoms with van der Waals surface area (Å²) in [4.78, 5) is 15.8. The molecule has 1 aromatic carbocycles. The third kappa shape index (κ3) is 5.27. The highest BCUT2D eigenvalue weighted by atomic mass is 16.5. The van der Waals surface area contributed by atoms with E-state index in [1.165, 1.54) is 18.0 Å². The maximum Gasteiger partial charge on any atom is 0.338 e. The van der Waals surface area contributed by atoms with Crippen LogP contribution in [0.4, 0.5) is 5.82 Å². The van der Waals surface area contributed by atoms with Crippen molar-refractivity contribution in [3.63, 3.8) is 0 Å². The van der Waals surface area contributed by atoms with E-state index < -0.39 is 0 Å². The molecule has 8 heteroatoms. The van der Waals surface area contributed by atoms with Crippen LogP contribution < -0.4 is 15.4 Å². The Balaban J connectivity index is 1.54. The minimum Gasteiger partial charge on any atom is -0.492 e. The number of cyclic esters (lactones) is 1. The summed E-state index contributed by atoms with van der Waals surface area (Å²) in [5, 5.41) is 23.1. The Morgan fingerprint density at radius 2 is 2.29 bits per heavy atom.